The molecule has 1 aliphatic rings. The van der Waals surface area contributed by atoms with Crippen molar-refractivity contribution in [1.82, 2.24) is 9.97 Å². The Morgan fingerprint density at radius 3 is 2.41 bits per heavy atom. The van der Waals surface area contributed by atoms with Crippen LogP contribution >= 0.6 is 55.6 Å². The molecule has 0 aromatic carbocycles. The van der Waals surface area contributed by atoms with Crippen molar-refractivity contribution in [2.45, 2.75) is 19.1 Å². The minimum Gasteiger partial charge on any atom is -0.244 e. The number of aromatic nitrogens is 2. The number of hydrogen-bond acceptors (Lipinski definition) is 8. The summed E-state index contributed by atoms with van der Waals surface area (Å²) in [5.74, 6) is 1.90. The molecule has 0 spiro atoms. The molecule has 0 amide bonds. The zero-order chi connectivity index (χ0) is 19.7. The maximum absolute atomic E-state index is 5.02. The van der Waals surface area contributed by atoms with Crippen LogP contribution in [0.4, 0.5) is 0 Å². The minimum absolute atomic E-state index is 0.919. The molecule has 0 aliphatic carbocycles. The second kappa shape index (κ2) is 8.23. The molecule has 5 rings (SSSR count). The van der Waals surface area contributed by atoms with Crippen LogP contribution in [0.1, 0.15) is 25.5 Å². The van der Waals surface area contributed by atoms with Gasteiger partial charge in [-0.3, -0.25) is 0 Å². The number of aryl methyl sites for hydroxylation is 2. The first-order chi connectivity index (χ1) is 14.2. The van der Waals surface area contributed by atoms with Crippen LogP contribution in [0.5, 0.6) is 0 Å². The Bertz CT molecular complexity index is 1140. The largest absolute Gasteiger partial charge is 0.244 e. The van der Waals surface area contributed by atoms with Gasteiger partial charge in [0.2, 0.25) is 0 Å². The highest BCUT2D eigenvalue weighted by Crippen LogP contribution is 2.69. The van der Waals surface area contributed by atoms with Gasteiger partial charge in [-0.15, -0.1) is 55.0 Å². The van der Waals surface area contributed by atoms with Crippen molar-refractivity contribution in [3.63, 3.8) is 0 Å². The average Bonchev–Trinajstić information content (AvgIpc) is 3.50. The third-order valence-corrected chi connectivity index (χ3v) is 11.7. The SMILES string of the molecule is Cc1csc(C2=C(c3nccs3)S(CCc3cccs3)(Cc3cccs3)N=N2)n1. The molecule has 4 nitrogen and oxygen atoms in total. The van der Waals surface area contributed by atoms with E-state index in [4.69, 9.17) is 19.6 Å². The molecule has 0 saturated heterocycles. The molecule has 0 bridgehead atoms. The summed E-state index contributed by atoms with van der Waals surface area (Å²) in [6.07, 6.45) is 2.89. The summed E-state index contributed by atoms with van der Waals surface area (Å²) in [4.78, 5) is 13.4. The summed E-state index contributed by atoms with van der Waals surface area (Å²) < 4.78 is 5.02. The third kappa shape index (κ3) is 3.89. The smallest absolute Gasteiger partial charge is 0.145 e. The van der Waals surface area contributed by atoms with Gasteiger partial charge in [-0.05, 0) is 36.2 Å². The van der Waals surface area contributed by atoms with Gasteiger partial charge in [-0.2, -0.15) is 0 Å². The predicted molar refractivity (Wildman–Crippen MR) is 129 cm³/mol. The lowest BCUT2D eigenvalue weighted by molar-refractivity contribution is 1.17. The van der Waals surface area contributed by atoms with E-state index in [0.717, 1.165) is 39.3 Å². The highest BCUT2D eigenvalue weighted by atomic mass is 32.3. The number of thiophene rings is 2. The minimum atomic E-state index is -1.54. The van der Waals surface area contributed by atoms with Crippen molar-refractivity contribution in [1.29, 1.82) is 0 Å². The van der Waals surface area contributed by atoms with E-state index in [0.29, 0.717) is 0 Å². The zero-order valence-corrected chi connectivity index (χ0v) is 19.7. The second-order valence-corrected chi connectivity index (χ2v) is 13.4. The van der Waals surface area contributed by atoms with Crippen LogP contribution in [0.2, 0.25) is 0 Å². The Morgan fingerprint density at radius 2 is 1.76 bits per heavy atom. The quantitative estimate of drug-likeness (QED) is 0.279. The van der Waals surface area contributed by atoms with E-state index >= 15 is 0 Å². The molecule has 4 aromatic heterocycles. The van der Waals surface area contributed by atoms with Crippen molar-refractivity contribution < 1.29 is 0 Å². The van der Waals surface area contributed by atoms with Gasteiger partial charge in [0, 0.05) is 43.9 Å². The zero-order valence-electron chi connectivity index (χ0n) is 15.6. The van der Waals surface area contributed by atoms with E-state index in [9.17, 15) is 0 Å². The Balaban J connectivity index is 1.63. The monoisotopic (exact) mass is 474 g/mol. The van der Waals surface area contributed by atoms with Gasteiger partial charge in [0.25, 0.3) is 0 Å². The Hall–Kier alpha value is -1.65. The molecule has 1 unspecified atom stereocenters. The maximum atomic E-state index is 5.02. The standard InChI is InChI=1S/C20H18N4S5/c1-14-12-28-19(22-14)17-18(20-21-7-10-27-20)29(24-23-17,13-16-5-3-9-26-16)11-6-15-4-2-8-25-15/h2-5,7-10,12H,6,11,13H2,1H3. The van der Waals surface area contributed by atoms with E-state index in [1.807, 2.05) is 29.8 Å². The van der Waals surface area contributed by atoms with Gasteiger partial charge in [0.15, 0.2) is 0 Å². The van der Waals surface area contributed by atoms with Crippen LogP contribution in [0, 0.1) is 6.92 Å². The summed E-state index contributed by atoms with van der Waals surface area (Å²) in [5, 5.41) is 15.2. The Kier molecular flexibility index (Phi) is 5.49. The van der Waals surface area contributed by atoms with Gasteiger partial charge >= 0.3 is 0 Å². The molecule has 1 aliphatic heterocycles. The lowest BCUT2D eigenvalue weighted by atomic mass is 10.4. The van der Waals surface area contributed by atoms with Crippen molar-refractivity contribution in [3.05, 3.63) is 77.4 Å². The maximum Gasteiger partial charge on any atom is 0.145 e. The molecule has 148 valence electrons. The first-order valence-electron chi connectivity index (χ1n) is 9.07. The molecule has 0 saturated carbocycles. The first-order valence-corrected chi connectivity index (χ1v) is 14.5. The highest BCUT2D eigenvalue weighted by molar-refractivity contribution is 8.39. The van der Waals surface area contributed by atoms with Gasteiger partial charge < -0.3 is 0 Å². The van der Waals surface area contributed by atoms with E-state index in [-0.39, 0.29) is 0 Å². The number of nitrogens with zero attached hydrogens (tertiary/aromatic N) is 4. The fourth-order valence-corrected chi connectivity index (χ4v) is 10.4. The van der Waals surface area contributed by atoms with E-state index in [1.165, 1.54) is 14.7 Å². The van der Waals surface area contributed by atoms with Gasteiger partial charge in [-0.1, -0.05) is 22.3 Å². The van der Waals surface area contributed by atoms with E-state index < -0.39 is 10.2 Å². The van der Waals surface area contributed by atoms with Crippen LogP contribution in [-0.4, -0.2) is 15.7 Å². The summed E-state index contributed by atoms with van der Waals surface area (Å²) in [6.45, 7) is 2.03. The summed E-state index contributed by atoms with van der Waals surface area (Å²) in [5.41, 5.74) is 1.95. The van der Waals surface area contributed by atoms with E-state index in [1.54, 1.807) is 34.0 Å². The van der Waals surface area contributed by atoms with Crippen LogP contribution in [-0.2, 0) is 12.2 Å². The molecule has 0 fully saturated rings. The van der Waals surface area contributed by atoms with Crippen molar-refractivity contribution in [2.24, 2.45) is 9.63 Å². The van der Waals surface area contributed by atoms with Gasteiger partial charge in [-0.25, -0.2) is 9.97 Å². The van der Waals surface area contributed by atoms with Crippen LogP contribution in [0.15, 0.2) is 61.6 Å². The molecule has 0 N–H and O–H groups in total. The molecule has 4 aromatic rings. The van der Waals surface area contributed by atoms with Gasteiger partial charge in [0.1, 0.15) is 15.7 Å². The Labute approximate surface area is 187 Å². The topological polar surface area (TPSA) is 50.5 Å². The van der Waals surface area contributed by atoms with Crippen LogP contribution in [0.3, 0.4) is 0 Å². The van der Waals surface area contributed by atoms with E-state index in [2.05, 4.69) is 40.4 Å². The molecular formula is C20H18N4S5. The molecule has 9 heteroatoms. The first kappa shape index (κ1) is 19.3. The lowest BCUT2D eigenvalue weighted by Gasteiger charge is -2.32. The van der Waals surface area contributed by atoms with Crippen molar-refractivity contribution in [2.75, 3.05) is 5.75 Å². The fourth-order valence-electron chi connectivity index (χ4n) is 3.26. The normalized spacial score (nSPS) is 21.0. The highest BCUT2D eigenvalue weighted by Gasteiger charge is 2.39. The molecule has 1 atom stereocenters. The summed E-state index contributed by atoms with van der Waals surface area (Å²) >= 11 is 6.94. The lowest BCUT2D eigenvalue weighted by Crippen LogP contribution is -2.08. The fraction of sp³-hybridized carbons (Fsp3) is 0.200. The number of hydrogen-bond donors (Lipinski definition) is 0. The summed E-state index contributed by atoms with van der Waals surface area (Å²) in [7, 11) is -1.54. The van der Waals surface area contributed by atoms with Gasteiger partial charge in [0.05, 0.1) is 4.91 Å². The number of rotatable bonds is 7. The number of thiazole rings is 2. The van der Waals surface area contributed by atoms with Crippen LogP contribution < -0.4 is 0 Å². The molecular weight excluding hydrogens is 457 g/mol. The third-order valence-electron chi connectivity index (χ3n) is 4.57. The van der Waals surface area contributed by atoms with Crippen molar-refractivity contribution in [3.8, 4) is 0 Å². The molecule has 5 heterocycles. The molecule has 0 radical (unpaired) electrons. The molecule has 29 heavy (non-hydrogen) atoms. The Morgan fingerprint density at radius 1 is 0.931 bits per heavy atom. The van der Waals surface area contributed by atoms with Crippen molar-refractivity contribution >= 4 is 66.2 Å². The second-order valence-electron chi connectivity index (χ2n) is 6.59. The average molecular weight is 475 g/mol. The predicted octanol–water partition coefficient (Wildman–Crippen LogP) is 7.49. The van der Waals surface area contributed by atoms with Crippen LogP contribution in [0.25, 0.3) is 10.6 Å². The summed E-state index contributed by atoms with van der Waals surface area (Å²) in [6, 6.07) is 8.67.